The van der Waals surface area contributed by atoms with Gasteiger partial charge in [-0.05, 0) is 41.5 Å². The Morgan fingerprint density at radius 3 is 2.44 bits per heavy atom. The Morgan fingerprint density at radius 1 is 1.03 bits per heavy atom. The normalized spacial score (nSPS) is 11.4. The van der Waals surface area contributed by atoms with Gasteiger partial charge in [-0.15, -0.1) is 0 Å². The van der Waals surface area contributed by atoms with E-state index in [1.54, 1.807) is 48.6 Å². The second-order valence-corrected chi connectivity index (χ2v) is 9.26. The highest BCUT2D eigenvalue weighted by Crippen LogP contribution is 2.29. The third kappa shape index (κ3) is 6.80. The van der Waals surface area contributed by atoms with Gasteiger partial charge in [0.1, 0.15) is 36.2 Å². The number of nitrogens with zero attached hydrogens (tertiary/aromatic N) is 1. The number of rotatable bonds is 10. The maximum atomic E-state index is 14.0. The van der Waals surface area contributed by atoms with E-state index >= 15 is 0 Å². The lowest BCUT2D eigenvalue weighted by Gasteiger charge is -2.11. The van der Waals surface area contributed by atoms with E-state index in [2.05, 4.69) is 5.16 Å². The lowest BCUT2D eigenvalue weighted by Crippen LogP contribution is -2.06. The van der Waals surface area contributed by atoms with Crippen LogP contribution in [0.5, 0.6) is 11.5 Å². The predicted molar refractivity (Wildman–Crippen MR) is 139 cm³/mol. The number of benzene rings is 3. The average Bonchev–Trinajstić information content (AvgIpc) is 3.29. The van der Waals surface area contributed by atoms with Crippen LogP contribution in [0.25, 0.3) is 12.2 Å². The first-order valence-corrected chi connectivity index (χ1v) is 12.2. The van der Waals surface area contributed by atoms with Gasteiger partial charge in [0.25, 0.3) is 0 Å². The Balaban J connectivity index is 1.47. The van der Waals surface area contributed by atoms with Crippen LogP contribution in [0.1, 0.15) is 58.3 Å². The minimum atomic E-state index is -1.17. The zero-order valence-electron chi connectivity index (χ0n) is 20.9. The van der Waals surface area contributed by atoms with Gasteiger partial charge in [0.15, 0.2) is 17.4 Å². The van der Waals surface area contributed by atoms with Gasteiger partial charge < -0.3 is 19.1 Å². The molecular formula is C29H23ClF3NO5. The summed E-state index contributed by atoms with van der Waals surface area (Å²) in [5.41, 5.74) is 2.40. The van der Waals surface area contributed by atoms with Crippen LogP contribution in [-0.4, -0.2) is 16.2 Å². The van der Waals surface area contributed by atoms with Gasteiger partial charge in [-0.2, -0.15) is 0 Å². The highest BCUT2D eigenvalue weighted by Gasteiger charge is 2.21. The number of halogens is 4. The Morgan fingerprint density at radius 2 is 1.77 bits per heavy atom. The van der Waals surface area contributed by atoms with Crippen molar-refractivity contribution in [3.8, 4) is 11.5 Å². The Labute approximate surface area is 227 Å². The first-order valence-electron chi connectivity index (χ1n) is 11.8. The zero-order valence-corrected chi connectivity index (χ0v) is 21.6. The Hall–Kier alpha value is -4.24. The molecular weight excluding hydrogens is 535 g/mol. The maximum Gasteiger partial charge on any atom is 0.335 e. The molecule has 39 heavy (non-hydrogen) atoms. The third-order valence-electron chi connectivity index (χ3n) is 5.68. The summed E-state index contributed by atoms with van der Waals surface area (Å²) in [5, 5.41) is 13.5. The molecule has 0 saturated carbocycles. The second kappa shape index (κ2) is 12.1. The molecule has 0 aliphatic rings. The molecule has 3 aromatic carbocycles. The molecule has 1 heterocycles. The number of aromatic carboxylic acids is 1. The minimum Gasteiger partial charge on any atom is -0.489 e. The highest BCUT2D eigenvalue weighted by molar-refractivity contribution is 6.32. The fourth-order valence-corrected chi connectivity index (χ4v) is 3.97. The summed E-state index contributed by atoms with van der Waals surface area (Å²) < 4.78 is 57.7. The minimum absolute atomic E-state index is 0.0115. The van der Waals surface area contributed by atoms with Crippen molar-refractivity contribution in [3.05, 3.63) is 111 Å². The molecule has 0 amide bonds. The standard InChI is InChI=1S/C29H23ClF3NO5/c1-16(2)27-22(26(34-39-27)15-38-28-24(32)11-20(31)12-25(28)33)14-37-21-9-8-18(23(30)13-21)7-6-17-4-3-5-19(10-17)29(35)36/h3-13,16H,14-15H2,1-2H3,(H,35,36)/b7-6+. The molecule has 0 aliphatic heterocycles. The van der Waals surface area contributed by atoms with Crippen LogP contribution in [0.2, 0.25) is 5.02 Å². The van der Waals surface area contributed by atoms with E-state index in [0.29, 0.717) is 45.4 Å². The summed E-state index contributed by atoms with van der Waals surface area (Å²) in [7, 11) is 0. The molecule has 0 spiro atoms. The number of carbonyl (C=O) groups is 1. The summed E-state index contributed by atoms with van der Waals surface area (Å²) in [6, 6.07) is 12.6. The SMILES string of the molecule is CC(C)c1onc(COc2c(F)cc(F)cc2F)c1COc1ccc(/C=C/c2cccc(C(=O)O)c2)c(Cl)c1. The highest BCUT2D eigenvalue weighted by atomic mass is 35.5. The largest absolute Gasteiger partial charge is 0.489 e. The Kier molecular flexibility index (Phi) is 8.61. The maximum absolute atomic E-state index is 14.0. The number of carboxylic acids is 1. The molecule has 6 nitrogen and oxygen atoms in total. The van der Waals surface area contributed by atoms with Crippen molar-refractivity contribution in [1.82, 2.24) is 5.16 Å². The van der Waals surface area contributed by atoms with Crippen molar-refractivity contribution in [2.45, 2.75) is 33.0 Å². The van der Waals surface area contributed by atoms with Gasteiger partial charge in [-0.25, -0.2) is 18.0 Å². The van der Waals surface area contributed by atoms with Crippen LogP contribution < -0.4 is 9.47 Å². The van der Waals surface area contributed by atoms with Gasteiger partial charge in [-0.1, -0.05) is 54.9 Å². The van der Waals surface area contributed by atoms with Crippen LogP contribution >= 0.6 is 11.6 Å². The molecule has 0 unspecified atom stereocenters. The molecule has 0 atom stereocenters. The fourth-order valence-electron chi connectivity index (χ4n) is 3.74. The number of ether oxygens (including phenoxy) is 2. The molecule has 10 heteroatoms. The van der Waals surface area contributed by atoms with Crippen molar-refractivity contribution in [3.63, 3.8) is 0 Å². The summed E-state index contributed by atoms with van der Waals surface area (Å²) in [4.78, 5) is 11.2. The van der Waals surface area contributed by atoms with Crippen LogP contribution in [-0.2, 0) is 13.2 Å². The lowest BCUT2D eigenvalue weighted by atomic mass is 10.1. The van der Waals surface area contributed by atoms with Crippen LogP contribution in [0, 0.1) is 17.5 Å². The third-order valence-corrected chi connectivity index (χ3v) is 6.01. The topological polar surface area (TPSA) is 81.8 Å². The number of hydrogen-bond acceptors (Lipinski definition) is 5. The van der Waals surface area contributed by atoms with E-state index in [-0.39, 0.29) is 30.4 Å². The first-order chi connectivity index (χ1) is 18.6. The van der Waals surface area contributed by atoms with Gasteiger partial charge in [-0.3, -0.25) is 0 Å². The summed E-state index contributed by atoms with van der Waals surface area (Å²) in [6.45, 7) is 3.45. The number of aromatic nitrogens is 1. The molecule has 0 radical (unpaired) electrons. The van der Waals surface area contributed by atoms with Crippen LogP contribution in [0.15, 0.2) is 59.1 Å². The molecule has 1 aromatic heterocycles. The molecule has 4 rings (SSSR count). The number of carboxylic acid groups (broad SMARTS) is 1. The van der Waals surface area contributed by atoms with Crippen molar-refractivity contribution in [2.75, 3.05) is 0 Å². The van der Waals surface area contributed by atoms with E-state index in [1.807, 2.05) is 13.8 Å². The van der Waals surface area contributed by atoms with Gasteiger partial charge in [0.05, 0.1) is 16.1 Å². The first kappa shape index (κ1) is 27.8. The molecule has 4 aromatic rings. The monoisotopic (exact) mass is 557 g/mol. The quantitative estimate of drug-likeness (QED) is 0.200. The molecule has 202 valence electrons. The van der Waals surface area contributed by atoms with Gasteiger partial charge in [0.2, 0.25) is 0 Å². The molecule has 0 fully saturated rings. The van der Waals surface area contributed by atoms with E-state index in [4.69, 9.17) is 30.7 Å². The lowest BCUT2D eigenvalue weighted by molar-refractivity contribution is 0.0697. The van der Waals surface area contributed by atoms with Crippen molar-refractivity contribution in [2.24, 2.45) is 0 Å². The zero-order chi connectivity index (χ0) is 28.1. The average molecular weight is 558 g/mol. The fraction of sp³-hybridized carbons (Fsp3) is 0.172. The molecule has 1 N–H and O–H groups in total. The molecule has 0 aliphatic carbocycles. The summed E-state index contributed by atoms with van der Waals surface area (Å²) >= 11 is 6.44. The van der Waals surface area contributed by atoms with Crippen LogP contribution in [0.3, 0.4) is 0 Å². The van der Waals surface area contributed by atoms with E-state index in [1.165, 1.54) is 6.07 Å². The van der Waals surface area contributed by atoms with Gasteiger partial charge in [0, 0.05) is 18.1 Å². The molecule has 0 saturated heterocycles. The Bertz CT molecular complexity index is 1510. The number of hydrogen-bond donors (Lipinski definition) is 1. The van der Waals surface area contributed by atoms with E-state index in [9.17, 15) is 18.0 Å². The summed E-state index contributed by atoms with van der Waals surface area (Å²) in [6.07, 6.45) is 3.51. The molecule has 0 bridgehead atoms. The van der Waals surface area contributed by atoms with Gasteiger partial charge >= 0.3 is 5.97 Å². The van der Waals surface area contributed by atoms with Crippen molar-refractivity contribution >= 4 is 29.7 Å². The van der Waals surface area contributed by atoms with E-state index < -0.39 is 29.2 Å². The van der Waals surface area contributed by atoms with Crippen LogP contribution in [0.4, 0.5) is 13.2 Å². The smallest absolute Gasteiger partial charge is 0.335 e. The van der Waals surface area contributed by atoms with Crippen molar-refractivity contribution < 1.29 is 37.1 Å². The second-order valence-electron chi connectivity index (χ2n) is 8.85. The summed E-state index contributed by atoms with van der Waals surface area (Å²) in [5.74, 6) is -4.23. The predicted octanol–water partition coefficient (Wildman–Crippen LogP) is 7.90. The van der Waals surface area contributed by atoms with Crippen molar-refractivity contribution in [1.29, 1.82) is 0 Å². The van der Waals surface area contributed by atoms with E-state index in [0.717, 1.165) is 0 Å².